The van der Waals surface area contributed by atoms with Crippen LogP contribution in [0.5, 0.6) is 11.8 Å². The highest BCUT2D eigenvalue weighted by Gasteiger charge is 2.49. The van der Waals surface area contributed by atoms with Crippen LogP contribution in [0.15, 0.2) is 47.3 Å². The lowest BCUT2D eigenvalue weighted by atomic mass is 9.95. The highest BCUT2D eigenvalue weighted by molar-refractivity contribution is 6.00. The van der Waals surface area contributed by atoms with Crippen LogP contribution in [0, 0.1) is 0 Å². The number of aromatic nitrogens is 3. The molecular weight excluding hydrogens is 575 g/mol. The van der Waals surface area contributed by atoms with E-state index in [4.69, 9.17) is 19.4 Å². The van der Waals surface area contributed by atoms with Gasteiger partial charge in [-0.2, -0.15) is 9.97 Å². The van der Waals surface area contributed by atoms with E-state index in [1.165, 1.54) is 0 Å². The number of hydrogen-bond acceptors (Lipinski definition) is 9. The standard InChI is InChI=1S/C34H37FN6O4/c35-21-13-34(8-3-9-39(34)16-21)19-45-33-37-28-12-29(27-11-25(42)10-20-4-1-2-5-26(20)27)41(22-6-7-22)32(43)30(28)31(38-33)40-23-14-36-15-24(40)18-44-17-23/h1-2,4-5,10-12,21-24,36,42H,3,6-9,13-19H2/t21-,23?,24?,34+/m1/s1. The SMILES string of the molecule is O=c1c2c(N3C4CNCC3COC4)nc(OC[C@@]34CCCN3C[C@H](F)C4)nc2cc(-c2cc(O)cc3ccccc23)n1C1CC1. The number of benzene rings is 2. The molecule has 234 valence electrons. The van der Waals surface area contributed by atoms with E-state index in [0.717, 1.165) is 67.3 Å². The topological polar surface area (TPSA) is 105 Å². The molecule has 5 aliphatic rings. The number of nitrogens with zero attached hydrogens (tertiary/aromatic N) is 5. The molecular formula is C34H37FN6O4. The molecule has 2 N–H and O–H groups in total. The number of rotatable bonds is 6. The fourth-order valence-corrected chi connectivity index (χ4v) is 8.37. The Bertz CT molecular complexity index is 1860. The average Bonchev–Trinajstić information content (AvgIpc) is 3.71. The predicted octanol–water partition coefficient (Wildman–Crippen LogP) is 3.78. The van der Waals surface area contributed by atoms with Crippen LogP contribution in [-0.2, 0) is 4.74 Å². The molecule has 45 heavy (non-hydrogen) atoms. The van der Waals surface area contributed by atoms with E-state index in [2.05, 4.69) is 15.1 Å². The Hall–Kier alpha value is -3.80. The van der Waals surface area contributed by atoms with Crippen LogP contribution >= 0.6 is 0 Å². The lowest BCUT2D eigenvalue weighted by Gasteiger charge is -2.46. The number of fused-ring (bicyclic) bond motifs is 5. The van der Waals surface area contributed by atoms with Crippen LogP contribution in [0.1, 0.15) is 38.1 Å². The third kappa shape index (κ3) is 4.50. The maximum Gasteiger partial charge on any atom is 0.319 e. The summed E-state index contributed by atoms with van der Waals surface area (Å²) >= 11 is 0. The van der Waals surface area contributed by atoms with Crippen LogP contribution in [0.4, 0.5) is 10.2 Å². The number of aromatic hydroxyl groups is 1. The Labute approximate surface area is 259 Å². The molecule has 4 aromatic rings. The van der Waals surface area contributed by atoms with E-state index in [1.54, 1.807) is 12.1 Å². The van der Waals surface area contributed by atoms with Gasteiger partial charge in [0.25, 0.3) is 5.56 Å². The minimum absolute atomic E-state index is 0.0120. The summed E-state index contributed by atoms with van der Waals surface area (Å²) in [6.45, 7) is 4.13. The van der Waals surface area contributed by atoms with Crippen molar-refractivity contribution in [2.75, 3.05) is 50.9 Å². The zero-order valence-corrected chi connectivity index (χ0v) is 25.1. The summed E-state index contributed by atoms with van der Waals surface area (Å²) in [5.41, 5.74) is 1.53. The van der Waals surface area contributed by atoms with Crippen molar-refractivity contribution in [2.24, 2.45) is 0 Å². The Morgan fingerprint density at radius 3 is 2.73 bits per heavy atom. The van der Waals surface area contributed by atoms with Crippen LogP contribution in [0.2, 0.25) is 0 Å². The van der Waals surface area contributed by atoms with Gasteiger partial charge in [0.1, 0.15) is 29.7 Å². The highest BCUT2D eigenvalue weighted by Crippen LogP contribution is 2.43. The van der Waals surface area contributed by atoms with Crippen molar-refractivity contribution in [3.8, 4) is 23.0 Å². The van der Waals surface area contributed by atoms with E-state index < -0.39 is 6.17 Å². The number of phenolic OH excluding ortho intramolecular Hbond substituents is 1. The van der Waals surface area contributed by atoms with Gasteiger partial charge in [-0.3, -0.25) is 9.69 Å². The van der Waals surface area contributed by atoms with Gasteiger partial charge in [-0.15, -0.1) is 0 Å². The first-order chi connectivity index (χ1) is 22.0. The van der Waals surface area contributed by atoms with Crippen LogP contribution in [0.3, 0.4) is 0 Å². The summed E-state index contributed by atoms with van der Waals surface area (Å²) < 4.78 is 28.8. The van der Waals surface area contributed by atoms with Crippen LogP contribution in [-0.4, -0.2) is 94.3 Å². The summed E-state index contributed by atoms with van der Waals surface area (Å²) in [7, 11) is 0. The normalized spacial score (nSPS) is 28.2. The summed E-state index contributed by atoms with van der Waals surface area (Å²) in [6, 6.07) is 13.6. The number of ether oxygens (including phenoxy) is 2. The molecule has 2 aromatic carbocycles. The maximum absolute atomic E-state index is 14.7. The lowest BCUT2D eigenvalue weighted by molar-refractivity contribution is 0.0522. The van der Waals surface area contributed by atoms with Gasteiger partial charge in [-0.25, -0.2) is 4.39 Å². The first-order valence-corrected chi connectivity index (χ1v) is 16.3. The second-order valence-electron chi connectivity index (χ2n) is 13.5. The van der Waals surface area contributed by atoms with E-state index >= 15 is 0 Å². The molecule has 2 bridgehead atoms. The number of hydrogen-bond donors (Lipinski definition) is 2. The summed E-state index contributed by atoms with van der Waals surface area (Å²) in [4.78, 5) is 29.1. The van der Waals surface area contributed by atoms with Crippen molar-refractivity contribution < 1.29 is 19.0 Å². The molecule has 0 amide bonds. The number of pyridine rings is 1. The minimum atomic E-state index is -0.859. The van der Waals surface area contributed by atoms with Crippen molar-refractivity contribution in [1.82, 2.24) is 24.8 Å². The monoisotopic (exact) mass is 612 g/mol. The molecule has 1 saturated carbocycles. The summed E-state index contributed by atoms with van der Waals surface area (Å²) in [5, 5.41) is 16.6. The second kappa shape index (κ2) is 10.4. The highest BCUT2D eigenvalue weighted by atomic mass is 19.1. The zero-order chi connectivity index (χ0) is 30.3. The van der Waals surface area contributed by atoms with Gasteiger partial charge in [0.15, 0.2) is 0 Å². The van der Waals surface area contributed by atoms with E-state index in [9.17, 15) is 14.3 Å². The first-order valence-electron chi connectivity index (χ1n) is 16.3. The van der Waals surface area contributed by atoms with Gasteiger partial charge in [0, 0.05) is 37.7 Å². The average molecular weight is 613 g/mol. The molecule has 2 unspecified atom stereocenters. The zero-order valence-electron chi connectivity index (χ0n) is 25.1. The van der Waals surface area contributed by atoms with Gasteiger partial charge in [-0.1, -0.05) is 24.3 Å². The van der Waals surface area contributed by atoms with Gasteiger partial charge >= 0.3 is 6.01 Å². The van der Waals surface area contributed by atoms with E-state index in [0.29, 0.717) is 49.5 Å². The molecule has 0 radical (unpaired) electrons. The fourth-order valence-electron chi connectivity index (χ4n) is 8.37. The van der Waals surface area contributed by atoms with Gasteiger partial charge in [-0.05, 0) is 61.2 Å². The number of alkyl halides is 1. The molecule has 0 spiro atoms. The molecule has 11 heteroatoms. The fraction of sp³-hybridized carbons (Fsp3) is 0.500. The number of morpholine rings is 1. The maximum atomic E-state index is 14.7. The molecule has 4 aliphatic heterocycles. The predicted molar refractivity (Wildman–Crippen MR) is 169 cm³/mol. The Morgan fingerprint density at radius 1 is 1.09 bits per heavy atom. The number of nitrogens with one attached hydrogen (secondary N) is 1. The van der Waals surface area contributed by atoms with Crippen LogP contribution < -0.4 is 20.5 Å². The van der Waals surface area contributed by atoms with Gasteiger partial charge < -0.3 is 29.4 Å². The van der Waals surface area contributed by atoms with Crippen molar-refractivity contribution in [2.45, 2.75) is 61.9 Å². The molecule has 5 fully saturated rings. The third-order valence-electron chi connectivity index (χ3n) is 10.5. The summed E-state index contributed by atoms with van der Waals surface area (Å²) in [6.07, 6.45) is 3.32. The number of piperazine rings is 1. The van der Waals surface area contributed by atoms with Gasteiger partial charge in [0.05, 0.1) is 42.0 Å². The number of halogens is 1. The number of phenols is 1. The first kappa shape index (κ1) is 27.5. The van der Waals surface area contributed by atoms with Crippen molar-refractivity contribution >= 4 is 27.5 Å². The molecule has 6 heterocycles. The molecule has 9 rings (SSSR count). The smallest absolute Gasteiger partial charge is 0.319 e. The molecule has 10 nitrogen and oxygen atoms in total. The largest absolute Gasteiger partial charge is 0.508 e. The minimum Gasteiger partial charge on any atom is -0.508 e. The number of anilines is 1. The Kier molecular flexibility index (Phi) is 6.34. The van der Waals surface area contributed by atoms with Gasteiger partial charge in [0.2, 0.25) is 0 Å². The molecule has 4 saturated heterocycles. The summed E-state index contributed by atoms with van der Waals surface area (Å²) in [5.74, 6) is 0.722. The van der Waals surface area contributed by atoms with E-state index in [1.807, 2.05) is 34.9 Å². The van der Waals surface area contributed by atoms with Crippen molar-refractivity contribution in [3.05, 3.63) is 52.8 Å². The quantitative estimate of drug-likeness (QED) is 0.337. The Morgan fingerprint density at radius 2 is 1.91 bits per heavy atom. The lowest BCUT2D eigenvalue weighted by Crippen LogP contribution is -2.64. The molecule has 2 aromatic heterocycles. The van der Waals surface area contributed by atoms with E-state index in [-0.39, 0.29) is 41.0 Å². The molecule has 4 atom stereocenters. The third-order valence-corrected chi connectivity index (χ3v) is 10.5. The van der Waals surface area contributed by atoms with Crippen molar-refractivity contribution in [1.29, 1.82) is 0 Å². The Balaban J connectivity index is 1.24. The second-order valence-corrected chi connectivity index (χ2v) is 13.5. The molecule has 1 aliphatic carbocycles. The van der Waals surface area contributed by atoms with Crippen LogP contribution in [0.25, 0.3) is 32.9 Å². The van der Waals surface area contributed by atoms with Crippen molar-refractivity contribution in [3.63, 3.8) is 0 Å².